The highest BCUT2D eigenvalue weighted by atomic mass is 16.5. The van der Waals surface area contributed by atoms with Crippen LogP contribution in [0.25, 0.3) is 0 Å². The Kier molecular flexibility index (Phi) is 6.63. The fourth-order valence-electron chi connectivity index (χ4n) is 2.07. The summed E-state index contributed by atoms with van der Waals surface area (Å²) in [6.07, 6.45) is -0.444. The quantitative estimate of drug-likeness (QED) is 0.718. The van der Waals surface area contributed by atoms with Gasteiger partial charge in [-0.05, 0) is 35.2 Å². The van der Waals surface area contributed by atoms with Gasteiger partial charge in [0.1, 0.15) is 0 Å². The number of aliphatic hydroxyl groups is 1. The number of ether oxygens (including phenoxy) is 1. The van der Waals surface area contributed by atoms with E-state index in [-0.39, 0.29) is 6.61 Å². The van der Waals surface area contributed by atoms with E-state index in [1.807, 2.05) is 62.4 Å². The summed E-state index contributed by atoms with van der Waals surface area (Å²) in [4.78, 5) is 11.7. The van der Waals surface area contributed by atoms with Gasteiger partial charge in [0.25, 0.3) is 0 Å². The summed E-state index contributed by atoms with van der Waals surface area (Å²) in [6.45, 7) is 5.09. The topological polar surface area (TPSA) is 70.6 Å². The highest BCUT2D eigenvalue weighted by molar-refractivity contribution is 5.85. The van der Waals surface area contributed by atoms with Gasteiger partial charge < -0.3 is 15.2 Å². The van der Waals surface area contributed by atoms with Crippen LogP contribution in [0.1, 0.15) is 25.0 Å². The Labute approximate surface area is 142 Å². The van der Waals surface area contributed by atoms with Crippen LogP contribution in [0.5, 0.6) is 0 Å². The lowest BCUT2D eigenvalue weighted by Gasteiger charge is -2.11. The molecule has 0 heterocycles. The van der Waals surface area contributed by atoms with Crippen LogP contribution in [0.4, 0.5) is 16.2 Å². The minimum atomic E-state index is -0.444. The summed E-state index contributed by atoms with van der Waals surface area (Å²) in [5.41, 5.74) is 3.60. The van der Waals surface area contributed by atoms with Crippen molar-refractivity contribution in [3.63, 3.8) is 0 Å². The third-order valence-electron chi connectivity index (χ3n) is 3.36. The average Bonchev–Trinajstić information content (AvgIpc) is 2.59. The molecule has 0 saturated carbocycles. The SMILES string of the molecule is CC(C)COC(=O)Nc1cccc(NCc2ccc(CO)cc2)c1. The fourth-order valence-corrected chi connectivity index (χ4v) is 2.07. The Hall–Kier alpha value is -2.53. The summed E-state index contributed by atoms with van der Waals surface area (Å²) in [6, 6.07) is 15.2. The molecule has 0 fully saturated rings. The van der Waals surface area contributed by atoms with Gasteiger partial charge in [0.2, 0.25) is 0 Å². The predicted molar refractivity (Wildman–Crippen MR) is 95.9 cm³/mol. The number of aliphatic hydroxyl groups excluding tert-OH is 1. The van der Waals surface area contributed by atoms with Crippen LogP contribution >= 0.6 is 0 Å². The van der Waals surface area contributed by atoms with Crippen molar-refractivity contribution in [1.82, 2.24) is 0 Å². The van der Waals surface area contributed by atoms with E-state index < -0.39 is 6.09 Å². The Morgan fingerprint density at radius 2 is 1.75 bits per heavy atom. The first-order chi connectivity index (χ1) is 11.6. The number of nitrogens with one attached hydrogen (secondary N) is 2. The van der Waals surface area contributed by atoms with E-state index in [2.05, 4.69) is 10.6 Å². The molecule has 0 aliphatic rings. The molecule has 2 aromatic rings. The summed E-state index contributed by atoms with van der Waals surface area (Å²) >= 11 is 0. The van der Waals surface area contributed by atoms with Crippen LogP contribution in [0, 0.1) is 5.92 Å². The first-order valence-corrected chi connectivity index (χ1v) is 8.03. The van der Waals surface area contributed by atoms with Crippen molar-refractivity contribution >= 4 is 17.5 Å². The Morgan fingerprint density at radius 3 is 2.42 bits per heavy atom. The predicted octanol–water partition coefficient (Wildman–Crippen LogP) is 4.00. The first kappa shape index (κ1) is 17.8. The average molecular weight is 328 g/mol. The van der Waals surface area contributed by atoms with E-state index in [1.54, 1.807) is 0 Å². The normalized spacial score (nSPS) is 10.5. The van der Waals surface area contributed by atoms with Gasteiger partial charge in [-0.15, -0.1) is 0 Å². The van der Waals surface area contributed by atoms with Gasteiger partial charge in [0, 0.05) is 17.9 Å². The molecule has 0 spiro atoms. The van der Waals surface area contributed by atoms with Gasteiger partial charge in [-0.3, -0.25) is 5.32 Å². The fraction of sp³-hybridized carbons (Fsp3) is 0.316. The minimum absolute atomic E-state index is 0.0499. The van der Waals surface area contributed by atoms with Crippen molar-refractivity contribution in [2.45, 2.75) is 27.0 Å². The van der Waals surface area contributed by atoms with Crippen molar-refractivity contribution in [1.29, 1.82) is 0 Å². The van der Waals surface area contributed by atoms with Gasteiger partial charge in [0.05, 0.1) is 13.2 Å². The lowest BCUT2D eigenvalue weighted by Crippen LogP contribution is -2.16. The van der Waals surface area contributed by atoms with Crippen LogP contribution in [0.3, 0.4) is 0 Å². The number of benzene rings is 2. The molecule has 128 valence electrons. The van der Waals surface area contributed by atoms with Crippen LogP contribution in [0.15, 0.2) is 48.5 Å². The number of carbonyl (C=O) groups is 1. The van der Waals surface area contributed by atoms with E-state index in [4.69, 9.17) is 9.84 Å². The number of amides is 1. The molecule has 1 amide bonds. The monoisotopic (exact) mass is 328 g/mol. The maximum absolute atomic E-state index is 11.7. The highest BCUT2D eigenvalue weighted by Crippen LogP contribution is 2.16. The summed E-state index contributed by atoms with van der Waals surface area (Å²) in [7, 11) is 0. The third-order valence-corrected chi connectivity index (χ3v) is 3.36. The second-order valence-electron chi connectivity index (χ2n) is 6.03. The first-order valence-electron chi connectivity index (χ1n) is 8.03. The molecule has 0 aliphatic heterocycles. The molecule has 0 atom stereocenters. The van der Waals surface area contributed by atoms with Crippen LogP contribution in [-0.4, -0.2) is 17.8 Å². The number of carbonyl (C=O) groups excluding carboxylic acids is 1. The van der Waals surface area contributed by atoms with Crippen molar-refractivity contribution in [3.05, 3.63) is 59.7 Å². The zero-order chi connectivity index (χ0) is 17.4. The number of anilines is 2. The molecule has 0 saturated heterocycles. The standard InChI is InChI=1S/C19H24N2O3/c1-14(2)13-24-19(23)21-18-5-3-4-17(10-18)20-11-15-6-8-16(12-22)9-7-15/h3-10,14,20,22H,11-13H2,1-2H3,(H,21,23). The summed E-state index contributed by atoms with van der Waals surface area (Å²) in [5.74, 6) is 0.306. The van der Waals surface area contributed by atoms with Crippen LogP contribution < -0.4 is 10.6 Å². The molecule has 5 heteroatoms. The van der Waals surface area contributed by atoms with Crippen LogP contribution in [-0.2, 0) is 17.9 Å². The summed E-state index contributed by atoms with van der Waals surface area (Å²) < 4.78 is 5.11. The van der Waals surface area contributed by atoms with Crippen LogP contribution in [0.2, 0.25) is 0 Å². The van der Waals surface area contributed by atoms with Crippen molar-refractivity contribution in [2.75, 3.05) is 17.2 Å². The molecule has 3 N–H and O–H groups in total. The maximum Gasteiger partial charge on any atom is 0.411 e. The van der Waals surface area contributed by atoms with E-state index >= 15 is 0 Å². The molecular weight excluding hydrogens is 304 g/mol. The lowest BCUT2D eigenvalue weighted by molar-refractivity contribution is 0.147. The Balaban J connectivity index is 1.88. The molecule has 0 aromatic heterocycles. The van der Waals surface area contributed by atoms with Crippen molar-refractivity contribution in [2.24, 2.45) is 5.92 Å². The molecule has 2 rings (SSSR count). The number of hydrogen-bond acceptors (Lipinski definition) is 4. The Bertz CT molecular complexity index is 654. The highest BCUT2D eigenvalue weighted by Gasteiger charge is 2.05. The maximum atomic E-state index is 11.7. The number of hydrogen-bond donors (Lipinski definition) is 3. The molecule has 5 nitrogen and oxygen atoms in total. The molecule has 0 radical (unpaired) electrons. The molecule has 2 aromatic carbocycles. The molecule has 0 aliphatic carbocycles. The van der Waals surface area contributed by atoms with E-state index in [0.29, 0.717) is 24.8 Å². The largest absolute Gasteiger partial charge is 0.449 e. The van der Waals surface area contributed by atoms with Gasteiger partial charge in [-0.25, -0.2) is 4.79 Å². The second kappa shape index (κ2) is 8.93. The van der Waals surface area contributed by atoms with Crippen molar-refractivity contribution < 1.29 is 14.6 Å². The van der Waals surface area contributed by atoms with Gasteiger partial charge >= 0.3 is 6.09 Å². The second-order valence-corrected chi connectivity index (χ2v) is 6.03. The zero-order valence-electron chi connectivity index (χ0n) is 14.1. The van der Waals surface area contributed by atoms with E-state index in [0.717, 1.165) is 16.8 Å². The van der Waals surface area contributed by atoms with Gasteiger partial charge in [-0.2, -0.15) is 0 Å². The molecule has 24 heavy (non-hydrogen) atoms. The smallest absolute Gasteiger partial charge is 0.411 e. The van der Waals surface area contributed by atoms with Crippen molar-refractivity contribution in [3.8, 4) is 0 Å². The summed E-state index contributed by atoms with van der Waals surface area (Å²) in [5, 5.41) is 15.1. The lowest BCUT2D eigenvalue weighted by atomic mass is 10.1. The third kappa shape index (κ3) is 5.93. The molecule has 0 unspecified atom stereocenters. The molecule has 0 bridgehead atoms. The van der Waals surface area contributed by atoms with Gasteiger partial charge in [0.15, 0.2) is 0 Å². The zero-order valence-corrected chi connectivity index (χ0v) is 14.1. The molecular formula is C19H24N2O3. The minimum Gasteiger partial charge on any atom is -0.449 e. The van der Waals surface area contributed by atoms with E-state index in [1.165, 1.54) is 0 Å². The number of rotatable bonds is 7. The van der Waals surface area contributed by atoms with E-state index in [9.17, 15) is 4.79 Å². The Morgan fingerprint density at radius 1 is 1.08 bits per heavy atom. The van der Waals surface area contributed by atoms with Gasteiger partial charge in [-0.1, -0.05) is 44.2 Å².